The minimum Gasteiger partial charge on any atom is -0.143 e. The molecule has 0 aromatic heterocycles. The van der Waals surface area contributed by atoms with Crippen LogP contribution in [0.4, 0.5) is 0 Å². The van der Waals surface area contributed by atoms with Gasteiger partial charge in [0.25, 0.3) is 0 Å². The van der Waals surface area contributed by atoms with Crippen LogP contribution in [0.15, 0.2) is 82.6 Å². The average Bonchev–Trinajstić information content (AvgIpc) is 2.49. The Morgan fingerprint density at radius 3 is 1.80 bits per heavy atom. The number of thiol groups is 2. The molecule has 0 bridgehead atoms. The van der Waals surface area contributed by atoms with E-state index in [1.165, 1.54) is 22.3 Å². The predicted octanol–water partition coefficient (Wildman–Crippen LogP) is 5.60. The zero-order chi connectivity index (χ0) is 13.9. The van der Waals surface area contributed by atoms with E-state index < -0.39 is 0 Å². The van der Waals surface area contributed by atoms with Crippen LogP contribution < -0.4 is 0 Å². The lowest BCUT2D eigenvalue weighted by Crippen LogP contribution is -1.85. The van der Waals surface area contributed by atoms with Gasteiger partial charge in [-0.1, -0.05) is 48.5 Å². The molecular formula is C18H14S2. The van der Waals surface area contributed by atoms with Crippen LogP contribution in [0.1, 0.15) is 0 Å². The molecule has 3 aromatic carbocycles. The Morgan fingerprint density at radius 1 is 0.500 bits per heavy atom. The maximum atomic E-state index is 4.47. The molecule has 0 radical (unpaired) electrons. The van der Waals surface area contributed by atoms with E-state index >= 15 is 0 Å². The summed E-state index contributed by atoms with van der Waals surface area (Å²) in [4.78, 5) is 1.94. The summed E-state index contributed by atoms with van der Waals surface area (Å²) in [7, 11) is 0. The second-order valence-corrected chi connectivity index (χ2v) is 5.68. The van der Waals surface area contributed by atoms with Gasteiger partial charge in [0, 0.05) is 9.79 Å². The minimum atomic E-state index is 0.971. The lowest BCUT2D eigenvalue weighted by molar-refractivity contribution is 1.43. The summed E-state index contributed by atoms with van der Waals surface area (Å²) in [5, 5.41) is 0. The van der Waals surface area contributed by atoms with Crippen molar-refractivity contribution in [3.05, 3.63) is 72.8 Å². The van der Waals surface area contributed by atoms with Gasteiger partial charge in [-0.25, -0.2) is 0 Å². The fourth-order valence-corrected chi connectivity index (χ4v) is 2.63. The number of hydrogen-bond acceptors (Lipinski definition) is 2. The first-order chi connectivity index (χ1) is 9.74. The molecule has 0 nitrogen and oxygen atoms in total. The smallest absolute Gasteiger partial charge is 0.00465 e. The largest absolute Gasteiger partial charge is 0.143 e. The van der Waals surface area contributed by atoms with Crippen molar-refractivity contribution in [2.75, 3.05) is 0 Å². The molecule has 0 amide bonds. The van der Waals surface area contributed by atoms with Crippen molar-refractivity contribution >= 4 is 25.3 Å². The fraction of sp³-hybridized carbons (Fsp3) is 0. The van der Waals surface area contributed by atoms with Crippen molar-refractivity contribution < 1.29 is 0 Å². The Balaban J connectivity index is 2.19. The number of hydrogen-bond donors (Lipinski definition) is 2. The van der Waals surface area contributed by atoms with E-state index in [0.717, 1.165) is 9.79 Å². The molecule has 3 aromatic rings. The lowest BCUT2D eigenvalue weighted by atomic mass is 9.95. The van der Waals surface area contributed by atoms with Crippen LogP contribution in [0, 0.1) is 0 Å². The molecule has 0 unspecified atom stereocenters. The van der Waals surface area contributed by atoms with Crippen LogP contribution in [0.25, 0.3) is 22.3 Å². The summed E-state index contributed by atoms with van der Waals surface area (Å²) in [6.07, 6.45) is 0. The highest BCUT2D eigenvalue weighted by Gasteiger charge is 2.07. The molecule has 0 aliphatic rings. The molecular weight excluding hydrogens is 280 g/mol. The Kier molecular flexibility index (Phi) is 3.86. The Morgan fingerprint density at radius 2 is 1.10 bits per heavy atom. The van der Waals surface area contributed by atoms with E-state index in [-0.39, 0.29) is 0 Å². The Labute approximate surface area is 130 Å². The van der Waals surface area contributed by atoms with Gasteiger partial charge >= 0.3 is 0 Å². The summed E-state index contributed by atoms with van der Waals surface area (Å²) in [6.45, 7) is 0. The lowest BCUT2D eigenvalue weighted by Gasteiger charge is -2.11. The molecule has 20 heavy (non-hydrogen) atoms. The highest BCUT2D eigenvalue weighted by Crippen LogP contribution is 2.34. The highest BCUT2D eigenvalue weighted by atomic mass is 32.1. The summed E-state index contributed by atoms with van der Waals surface area (Å²) in [5.41, 5.74) is 4.80. The summed E-state index contributed by atoms with van der Waals surface area (Å²) in [6, 6.07) is 24.9. The third kappa shape index (κ3) is 2.77. The molecule has 0 aliphatic carbocycles. The molecule has 0 N–H and O–H groups in total. The van der Waals surface area contributed by atoms with Crippen molar-refractivity contribution in [3.63, 3.8) is 0 Å². The molecule has 0 spiro atoms. The first-order valence-electron chi connectivity index (χ1n) is 6.42. The van der Waals surface area contributed by atoms with Crippen molar-refractivity contribution in [2.24, 2.45) is 0 Å². The van der Waals surface area contributed by atoms with Crippen molar-refractivity contribution in [1.82, 2.24) is 0 Å². The van der Waals surface area contributed by atoms with Crippen LogP contribution >= 0.6 is 25.3 Å². The minimum absolute atomic E-state index is 0.971. The van der Waals surface area contributed by atoms with Gasteiger partial charge in [-0.05, 0) is 46.5 Å². The Hall–Kier alpha value is -1.64. The molecule has 0 saturated carbocycles. The first kappa shape index (κ1) is 13.3. The molecule has 0 heterocycles. The van der Waals surface area contributed by atoms with Gasteiger partial charge < -0.3 is 0 Å². The molecule has 0 atom stereocenters. The van der Waals surface area contributed by atoms with Crippen LogP contribution in [-0.2, 0) is 0 Å². The highest BCUT2D eigenvalue weighted by molar-refractivity contribution is 7.80. The van der Waals surface area contributed by atoms with E-state index in [1.807, 2.05) is 24.3 Å². The Bertz CT molecular complexity index is 716. The fourth-order valence-electron chi connectivity index (χ4n) is 2.28. The second kappa shape index (κ2) is 5.78. The van der Waals surface area contributed by atoms with Gasteiger partial charge in [0.1, 0.15) is 0 Å². The maximum absolute atomic E-state index is 4.47. The number of benzene rings is 3. The standard InChI is InChI=1S/C18H14S2/c19-15-8-6-14(7-9-15)17-11-10-16(20)12-18(17)13-4-2-1-3-5-13/h1-12,19-20H. The summed E-state index contributed by atoms with van der Waals surface area (Å²) in [5.74, 6) is 0. The topological polar surface area (TPSA) is 0 Å². The second-order valence-electron chi connectivity index (χ2n) is 4.64. The molecule has 0 fully saturated rings. The zero-order valence-electron chi connectivity index (χ0n) is 10.8. The average molecular weight is 294 g/mol. The van der Waals surface area contributed by atoms with E-state index in [4.69, 9.17) is 0 Å². The van der Waals surface area contributed by atoms with Crippen LogP contribution in [-0.4, -0.2) is 0 Å². The van der Waals surface area contributed by atoms with Gasteiger partial charge in [-0.3, -0.25) is 0 Å². The van der Waals surface area contributed by atoms with E-state index in [9.17, 15) is 0 Å². The van der Waals surface area contributed by atoms with Gasteiger partial charge in [-0.15, -0.1) is 25.3 Å². The SMILES string of the molecule is Sc1ccc(-c2ccc(S)cc2-c2ccccc2)cc1. The molecule has 0 aliphatic heterocycles. The van der Waals surface area contributed by atoms with Gasteiger partial charge in [0.15, 0.2) is 0 Å². The van der Waals surface area contributed by atoms with E-state index in [1.54, 1.807) is 0 Å². The van der Waals surface area contributed by atoms with Crippen LogP contribution in [0.3, 0.4) is 0 Å². The third-order valence-corrected chi connectivity index (χ3v) is 3.84. The monoisotopic (exact) mass is 294 g/mol. The molecule has 3 rings (SSSR count). The van der Waals surface area contributed by atoms with Crippen molar-refractivity contribution in [1.29, 1.82) is 0 Å². The van der Waals surface area contributed by atoms with E-state index in [2.05, 4.69) is 73.8 Å². The summed E-state index contributed by atoms with van der Waals surface area (Å²) < 4.78 is 0. The normalized spacial score (nSPS) is 10.5. The zero-order valence-corrected chi connectivity index (χ0v) is 12.6. The van der Waals surface area contributed by atoms with Crippen LogP contribution in [0.2, 0.25) is 0 Å². The van der Waals surface area contributed by atoms with Crippen molar-refractivity contribution in [3.8, 4) is 22.3 Å². The van der Waals surface area contributed by atoms with Crippen molar-refractivity contribution in [2.45, 2.75) is 9.79 Å². The van der Waals surface area contributed by atoms with Gasteiger partial charge in [0.05, 0.1) is 0 Å². The predicted molar refractivity (Wildman–Crippen MR) is 91.8 cm³/mol. The van der Waals surface area contributed by atoms with Crippen LogP contribution in [0.5, 0.6) is 0 Å². The van der Waals surface area contributed by atoms with Gasteiger partial charge in [0.2, 0.25) is 0 Å². The van der Waals surface area contributed by atoms with E-state index in [0.29, 0.717) is 0 Å². The molecule has 98 valence electrons. The molecule has 2 heteroatoms. The third-order valence-electron chi connectivity index (χ3n) is 3.27. The number of rotatable bonds is 2. The van der Waals surface area contributed by atoms with Gasteiger partial charge in [-0.2, -0.15) is 0 Å². The maximum Gasteiger partial charge on any atom is 0.00465 e. The molecule has 0 saturated heterocycles. The quantitative estimate of drug-likeness (QED) is 0.565. The first-order valence-corrected chi connectivity index (χ1v) is 7.31. The summed E-state index contributed by atoms with van der Waals surface area (Å²) >= 11 is 8.81.